The lowest BCUT2D eigenvalue weighted by Crippen LogP contribution is -2.49. The third kappa shape index (κ3) is 5.28. The Morgan fingerprint density at radius 3 is 2.36 bits per heavy atom. The molecular weight excluding hydrogens is 368 g/mol. The Balaban J connectivity index is 1.54. The predicted octanol–water partition coefficient (Wildman–Crippen LogP) is 4.33. The molecule has 0 aromatic heterocycles. The number of carbonyl (C=O) groups excluding carboxylic acids is 2. The highest BCUT2D eigenvalue weighted by molar-refractivity contribution is 5.89. The van der Waals surface area contributed by atoms with Gasteiger partial charge in [0.1, 0.15) is 6.61 Å². The van der Waals surface area contributed by atoms with Crippen LogP contribution in [0, 0.1) is 0 Å². The minimum atomic E-state index is -3.14. The number of hydrogen-bond acceptors (Lipinski definition) is 4. The molecule has 1 saturated carbocycles. The second-order valence-electron chi connectivity index (χ2n) is 6.70. The maximum Gasteiger partial charge on any atom is 0.407 e. The number of carbonyl (C=O) groups is 2. The van der Waals surface area contributed by atoms with Gasteiger partial charge in [0.2, 0.25) is 0 Å². The van der Waals surface area contributed by atoms with E-state index in [-0.39, 0.29) is 25.0 Å². The van der Waals surface area contributed by atoms with E-state index >= 15 is 0 Å². The highest BCUT2D eigenvalue weighted by Crippen LogP contribution is 2.36. The van der Waals surface area contributed by atoms with E-state index in [9.17, 15) is 18.4 Å². The summed E-state index contributed by atoms with van der Waals surface area (Å²) in [6, 6.07) is 16.5. The molecule has 1 amide bonds. The van der Waals surface area contributed by atoms with Crippen molar-refractivity contribution >= 4 is 12.1 Å². The van der Waals surface area contributed by atoms with E-state index in [1.165, 1.54) is 12.1 Å². The van der Waals surface area contributed by atoms with Crippen LogP contribution in [-0.4, -0.2) is 30.1 Å². The largest absolute Gasteiger partial charge is 0.452 e. The summed E-state index contributed by atoms with van der Waals surface area (Å²) in [5.41, 5.74) is 1.03. The number of alkyl carbamates (subject to hydrolysis) is 1. The van der Waals surface area contributed by atoms with Gasteiger partial charge in [-0.1, -0.05) is 48.5 Å². The molecule has 1 aliphatic rings. The molecule has 28 heavy (non-hydrogen) atoms. The van der Waals surface area contributed by atoms with Gasteiger partial charge in [0.05, 0.1) is 5.56 Å². The van der Waals surface area contributed by atoms with Crippen molar-refractivity contribution < 1.29 is 27.8 Å². The molecule has 2 aromatic carbocycles. The Morgan fingerprint density at radius 2 is 1.68 bits per heavy atom. The van der Waals surface area contributed by atoms with Gasteiger partial charge in [-0.05, 0) is 24.1 Å². The number of nitrogens with one attached hydrogen (secondary N) is 1. The van der Waals surface area contributed by atoms with E-state index in [2.05, 4.69) is 5.32 Å². The fourth-order valence-electron chi connectivity index (χ4n) is 3.04. The van der Waals surface area contributed by atoms with Gasteiger partial charge in [0.15, 0.2) is 6.10 Å². The molecule has 0 bridgehead atoms. The fraction of sp³-hybridized carbons (Fsp3) is 0.333. The van der Waals surface area contributed by atoms with E-state index in [4.69, 9.17) is 9.47 Å². The maximum absolute atomic E-state index is 14.2. The van der Waals surface area contributed by atoms with Crippen LogP contribution in [0.15, 0.2) is 60.7 Å². The van der Waals surface area contributed by atoms with Crippen molar-refractivity contribution in [2.75, 3.05) is 0 Å². The summed E-state index contributed by atoms with van der Waals surface area (Å²) in [6.07, 6.45) is -2.87. The smallest absolute Gasteiger partial charge is 0.407 e. The molecule has 2 unspecified atom stereocenters. The van der Waals surface area contributed by atoms with E-state index in [1.54, 1.807) is 18.2 Å². The Morgan fingerprint density at radius 1 is 1.04 bits per heavy atom. The van der Waals surface area contributed by atoms with Crippen molar-refractivity contribution in [1.82, 2.24) is 5.32 Å². The topological polar surface area (TPSA) is 64.6 Å². The molecule has 1 fully saturated rings. The van der Waals surface area contributed by atoms with E-state index in [0.717, 1.165) is 5.56 Å². The second-order valence-corrected chi connectivity index (χ2v) is 6.70. The summed E-state index contributed by atoms with van der Waals surface area (Å²) in [5, 5.41) is 2.58. The molecule has 0 saturated heterocycles. The van der Waals surface area contributed by atoms with Crippen LogP contribution >= 0.6 is 0 Å². The zero-order chi connectivity index (χ0) is 20.0. The minimum absolute atomic E-state index is 0.0762. The van der Waals surface area contributed by atoms with Gasteiger partial charge >= 0.3 is 12.1 Å². The summed E-state index contributed by atoms with van der Waals surface area (Å²) in [7, 11) is 0. The minimum Gasteiger partial charge on any atom is -0.452 e. The average molecular weight is 389 g/mol. The van der Waals surface area contributed by atoms with Crippen molar-refractivity contribution in [2.45, 2.75) is 43.9 Å². The second kappa shape index (κ2) is 8.82. The van der Waals surface area contributed by atoms with E-state index in [0.29, 0.717) is 0 Å². The standard InChI is InChI=1S/C21H21F2NO4/c22-21(23)12-11-17(24-20(26)27-14-15-7-3-1-4-8-15)13-18(21)28-19(25)16-9-5-2-6-10-16/h1-10,17-18H,11-14H2,(H,24,26). The van der Waals surface area contributed by atoms with Crippen LogP contribution in [0.3, 0.4) is 0 Å². The van der Waals surface area contributed by atoms with Gasteiger partial charge in [0.25, 0.3) is 5.92 Å². The van der Waals surface area contributed by atoms with Crippen molar-refractivity contribution in [2.24, 2.45) is 0 Å². The Kier molecular flexibility index (Phi) is 6.23. The number of halogens is 2. The zero-order valence-corrected chi connectivity index (χ0v) is 15.1. The Hall–Kier alpha value is -2.96. The molecule has 5 nitrogen and oxygen atoms in total. The van der Waals surface area contributed by atoms with Gasteiger partial charge in [-0.25, -0.2) is 18.4 Å². The molecule has 7 heteroatoms. The summed E-state index contributed by atoms with van der Waals surface area (Å²) < 4.78 is 38.6. The molecule has 0 heterocycles. The summed E-state index contributed by atoms with van der Waals surface area (Å²) >= 11 is 0. The van der Waals surface area contributed by atoms with E-state index < -0.39 is 36.6 Å². The molecule has 148 valence electrons. The molecule has 1 N–H and O–H groups in total. The number of amides is 1. The zero-order valence-electron chi connectivity index (χ0n) is 15.1. The molecular formula is C21H21F2NO4. The summed E-state index contributed by atoms with van der Waals surface area (Å²) in [4.78, 5) is 24.1. The number of benzene rings is 2. The number of rotatable bonds is 5. The first-order valence-corrected chi connectivity index (χ1v) is 9.05. The quantitative estimate of drug-likeness (QED) is 0.774. The third-order valence-electron chi connectivity index (χ3n) is 4.59. The maximum atomic E-state index is 14.2. The molecule has 1 aliphatic carbocycles. The molecule has 0 spiro atoms. The van der Waals surface area contributed by atoms with Crippen LogP contribution in [0.1, 0.15) is 35.2 Å². The van der Waals surface area contributed by atoms with Gasteiger partial charge in [-0.3, -0.25) is 0 Å². The van der Waals surface area contributed by atoms with Gasteiger partial charge in [-0.2, -0.15) is 0 Å². The first-order valence-electron chi connectivity index (χ1n) is 9.05. The number of alkyl halides is 2. The van der Waals surface area contributed by atoms with Crippen LogP contribution in [-0.2, 0) is 16.1 Å². The molecule has 3 rings (SSSR count). The van der Waals surface area contributed by atoms with Crippen molar-refractivity contribution in [1.29, 1.82) is 0 Å². The van der Waals surface area contributed by atoms with Gasteiger partial charge in [-0.15, -0.1) is 0 Å². The lowest BCUT2D eigenvalue weighted by molar-refractivity contribution is -0.140. The molecule has 0 aliphatic heterocycles. The molecule has 2 aromatic rings. The first-order chi connectivity index (χ1) is 13.4. The monoisotopic (exact) mass is 389 g/mol. The van der Waals surface area contributed by atoms with Crippen molar-refractivity contribution in [3.63, 3.8) is 0 Å². The number of hydrogen-bond donors (Lipinski definition) is 1. The van der Waals surface area contributed by atoms with Crippen LogP contribution in [0.4, 0.5) is 13.6 Å². The highest BCUT2D eigenvalue weighted by atomic mass is 19.3. The van der Waals surface area contributed by atoms with Crippen LogP contribution < -0.4 is 5.32 Å². The highest BCUT2D eigenvalue weighted by Gasteiger charge is 2.47. The van der Waals surface area contributed by atoms with Gasteiger partial charge in [0, 0.05) is 18.9 Å². The average Bonchev–Trinajstić information content (AvgIpc) is 2.70. The van der Waals surface area contributed by atoms with Crippen molar-refractivity contribution in [3.05, 3.63) is 71.8 Å². The third-order valence-corrected chi connectivity index (χ3v) is 4.59. The number of ether oxygens (including phenoxy) is 2. The Labute approximate surface area is 161 Å². The summed E-state index contributed by atoms with van der Waals surface area (Å²) in [6.45, 7) is 0.0853. The van der Waals surface area contributed by atoms with Crippen molar-refractivity contribution in [3.8, 4) is 0 Å². The predicted molar refractivity (Wildman–Crippen MR) is 98.0 cm³/mol. The first kappa shape index (κ1) is 19.8. The lowest BCUT2D eigenvalue weighted by Gasteiger charge is -2.35. The SMILES string of the molecule is O=C(NC1CCC(F)(F)C(OC(=O)c2ccccc2)C1)OCc1ccccc1. The van der Waals surface area contributed by atoms with Crippen LogP contribution in [0.2, 0.25) is 0 Å². The van der Waals surface area contributed by atoms with Gasteiger partial charge < -0.3 is 14.8 Å². The van der Waals surface area contributed by atoms with Crippen LogP contribution in [0.25, 0.3) is 0 Å². The lowest BCUT2D eigenvalue weighted by atomic mass is 9.89. The Bertz CT molecular complexity index is 799. The molecule has 2 atom stereocenters. The fourth-order valence-corrected chi connectivity index (χ4v) is 3.04. The normalized spacial score (nSPS) is 20.8. The van der Waals surface area contributed by atoms with Crippen LogP contribution in [0.5, 0.6) is 0 Å². The number of esters is 1. The summed E-state index contributed by atoms with van der Waals surface area (Å²) in [5.74, 6) is -3.95. The molecule has 0 radical (unpaired) electrons. The van der Waals surface area contributed by atoms with E-state index in [1.807, 2.05) is 30.3 Å².